The molecule has 104 valence electrons. The Labute approximate surface area is 113 Å². The summed E-state index contributed by atoms with van der Waals surface area (Å²) in [5.74, 6) is -0.0340. The molecule has 2 aliphatic rings. The Morgan fingerprint density at radius 1 is 1.37 bits per heavy atom. The summed E-state index contributed by atoms with van der Waals surface area (Å²) >= 11 is 0. The number of carbonyl (C=O) groups is 1. The molecule has 0 bridgehead atoms. The van der Waals surface area contributed by atoms with Crippen molar-refractivity contribution >= 4 is 5.91 Å². The maximum Gasteiger partial charge on any atom is 0.274 e. The molecule has 0 spiro atoms. The number of aliphatic hydroxyl groups is 1. The largest absolute Gasteiger partial charge is 0.395 e. The third-order valence-electron chi connectivity index (χ3n) is 4.12. The van der Waals surface area contributed by atoms with Crippen molar-refractivity contribution in [2.75, 3.05) is 13.2 Å². The zero-order valence-electron chi connectivity index (χ0n) is 11.2. The molecule has 5 nitrogen and oxygen atoms in total. The fourth-order valence-corrected chi connectivity index (χ4v) is 2.92. The van der Waals surface area contributed by atoms with E-state index in [9.17, 15) is 4.79 Å². The van der Waals surface area contributed by atoms with Gasteiger partial charge in [-0.15, -0.1) is 0 Å². The van der Waals surface area contributed by atoms with Crippen LogP contribution in [-0.4, -0.2) is 44.9 Å². The fourth-order valence-electron chi connectivity index (χ4n) is 2.92. The Balaban J connectivity index is 1.71. The van der Waals surface area contributed by atoms with E-state index in [0.29, 0.717) is 24.3 Å². The molecule has 0 aromatic carbocycles. The molecule has 1 aromatic heterocycles. The van der Waals surface area contributed by atoms with Crippen molar-refractivity contribution in [1.29, 1.82) is 0 Å². The third kappa shape index (κ3) is 2.66. The molecule has 3 rings (SSSR count). The van der Waals surface area contributed by atoms with Crippen molar-refractivity contribution in [3.8, 4) is 0 Å². The lowest BCUT2D eigenvalue weighted by molar-refractivity contribution is 0.0700. The zero-order valence-corrected chi connectivity index (χ0v) is 11.2. The highest BCUT2D eigenvalue weighted by Gasteiger charge is 2.33. The van der Waals surface area contributed by atoms with Crippen LogP contribution < -0.4 is 0 Å². The van der Waals surface area contributed by atoms with Crippen molar-refractivity contribution in [2.24, 2.45) is 0 Å². The zero-order chi connectivity index (χ0) is 13.2. The normalized spacial score (nSPS) is 19.8. The van der Waals surface area contributed by atoms with Crippen molar-refractivity contribution in [3.63, 3.8) is 0 Å². The van der Waals surface area contributed by atoms with Crippen LogP contribution in [0.15, 0.2) is 12.3 Å². The lowest BCUT2D eigenvalue weighted by atomic mass is 10.3. The fraction of sp³-hybridized carbons (Fsp3) is 0.714. The highest BCUT2D eigenvalue weighted by molar-refractivity contribution is 5.92. The second-order valence-corrected chi connectivity index (χ2v) is 5.57. The second-order valence-electron chi connectivity index (χ2n) is 5.57. The number of aromatic nitrogens is 2. The first kappa shape index (κ1) is 12.7. The minimum atomic E-state index is -0.0340. The molecule has 5 heteroatoms. The molecule has 0 atom stereocenters. The van der Waals surface area contributed by atoms with E-state index in [1.54, 1.807) is 4.90 Å². The van der Waals surface area contributed by atoms with Gasteiger partial charge in [0.25, 0.3) is 5.91 Å². The highest BCUT2D eigenvalue weighted by Crippen LogP contribution is 2.30. The number of rotatable bonds is 5. The summed E-state index contributed by atoms with van der Waals surface area (Å²) < 4.78 is 1.95. The van der Waals surface area contributed by atoms with Gasteiger partial charge >= 0.3 is 0 Å². The van der Waals surface area contributed by atoms with Gasteiger partial charge in [-0.05, 0) is 31.7 Å². The van der Waals surface area contributed by atoms with Gasteiger partial charge in [0, 0.05) is 18.8 Å². The molecule has 2 aliphatic carbocycles. The summed E-state index contributed by atoms with van der Waals surface area (Å²) in [5.41, 5.74) is 0.521. The summed E-state index contributed by atoms with van der Waals surface area (Å²) in [6, 6.07) is 2.60. The van der Waals surface area contributed by atoms with Gasteiger partial charge in [0.15, 0.2) is 0 Å². The average molecular weight is 263 g/mol. The van der Waals surface area contributed by atoms with Gasteiger partial charge in [-0.25, -0.2) is 0 Å². The summed E-state index contributed by atoms with van der Waals surface area (Å²) in [5, 5.41) is 13.5. The van der Waals surface area contributed by atoms with E-state index in [-0.39, 0.29) is 12.5 Å². The molecular weight excluding hydrogens is 242 g/mol. The predicted molar refractivity (Wildman–Crippen MR) is 70.9 cm³/mol. The highest BCUT2D eigenvalue weighted by atomic mass is 16.3. The molecule has 0 aliphatic heterocycles. The molecule has 1 amide bonds. The molecule has 1 N–H and O–H groups in total. The summed E-state index contributed by atoms with van der Waals surface area (Å²) in [4.78, 5) is 14.1. The van der Waals surface area contributed by atoms with E-state index in [0.717, 1.165) is 25.7 Å². The standard InChI is InChI=1S/C14H21N3O2/c18-10-9-16(11-5-6-11)14(19)13-7-8-17(15-13)12-3-1-2-4-12/h7-8,11-12,18H,1-6,9-10H2. The van der Waals surface area contributed by atoms with Gasteiger partial charge in [0.05, 0.1) is 12.6 Å². The smallest absolute Gasteiger partial charge is 0.274 e. The predicted octanol–water partition coefficient (Wildman–Crippen LogP) is 1.60. The van der Waals surface area contributed by atoms with E-state index in [1.165, 1.54) is 12.8 Å². The number of carbonyl (C=O) groups excluding carboxylic acids is 1. The van der Waals surface area contributed by atoms with Crippen molar-refractivity contribution < 1.29 is 9.90 Å². The van der Waals surface area contributed by atoms with Gasteiger partial charge in [-0.1, -0.05) is 12.8 Å². The Kier molecular flexibility index (Phi) is 3.55. The van der Waals surface area contributed by atoms with Gasteiger partial charge in [0.2, 0.25) is 0 Å². The topological polar surface area (TPSA) is 58.4 Å². The molecule has 1 heterocycles. The third-order valence-corrected chi connectivity index (χ3v) is 4.12. The summed E-state index contributed by atoms with van der Waals surface area (Å²) in [7, 11) is 0. The van der Waals surface area contributed by atoms with Crippen molar-refractivity contribution in [3.05, 3.63) is 18.0 Å². The molecule has 0 unspecified atom stereocenters. The number of amides is 1. The minimum Gasteiger partial charge on any atom is -0.395 e. The number of nitrogens with zero attached hydrogens (tertiary/aromatic N) is 3. The maximum atomic E-state index is 12.4. The number of hydrogen-bond acceptors (Lipinski definition) is 3. The minimum absolute atomic E-state index is 0.0194. The second kappa shape index (κ2) is 5.33. The van der Waals surface area contributed by atoms with Crippen LogP contribution in [0.2, 0.25) is 0 Å². The molecule has 2 saturated carbocycles. The molecular formula is C14H21N3O2. The van der Waals surface area contributed by atoms with Crippen LogP contribution in [0.1, 0.15) is 55.1 Å². The van der Waals surface area contributed by atoms with Crippen LogP contribution >= 0.6 is 0 Å². The monoisotopic (exact) mass is 263 g/mol. The van der Waals surface area contributed by atoms with E-state index >= 15 is 0 Å². The van der Waals surface area contributed by atoms with Crippen LogP contribution in [0.5, 0.6) is 0 Å². The Morgan fingerprint density at radius 3 is 2.74 bits per heavy atom. The van der Waals surface area contributed by atoms with E-state index in [2.05, 4.69) is 5.10 Å². The average Bonchev–Trinajstić information content (AvgIpc) is 2.95. The van der Waals surface area contributed by atoms with Crippen molar-refractivity contribution in [2.45, 2.75) is 50.6 Å². The Bertz CT molecular complexity index is 447. The first-order valence-corrected chi connectivity index (χ1v) is 7.26. The van der Waals surface area contributed by atoms with Gasteiger partial charge in [0.1, 0.15) is 5.69 Å². The van der Waals surface area contributed by atoms with Gasteiger partial charge in [-0.3, -0.25) is 9.48 Å². The lowest BCUT2D eigenvalue weighted by Crippen LogP contribution is -2.35. The Morgan fingerprint density at radius 2 is 2.11 bits per heavy atom. The van der Waals surface area contributed by atoms with Crippen LogP contribution in [0, 0.1) is 0 Å². The first-order chi connectivity index (χ1) is 9.29. The summed E-state index contributed by atoms with van der Waals surface area (Å²) in [6.07, 6.45) is 8.87. The molecule has 0 radical (unpaired) electrons. The summed E-state index contributed by atoms with van der Waals surface area (Å²) in [6.45, 7) is 0.436. The lowest BCUT2D eigenvalue weighted by Gasteiger charge is -2.20. The van der Waals surface area contributed by atoms with E-state index in [4.69, 9.17) is 5.11 Å². The molecule has 19 heavy (non-hydrogen) atoms. The SMILES string of the molecule is O=C(c1ccn(C2CCCC2)n1)N(CCO)C1CC1. The molecule has 0 saturated heterocycles. The number of hydrogen-bond donors (Lipinski definition) is 1. The maximum absolute atomic E-state index is 12.4. The van der Waals surface area contributed by atoms with Crippen LogP contribution in [-0.2, 0) is 0 Å². The number of aliphatic hydroxyl groups excluding tert-OH is 1. The quantitative estimate of drug-likeness (QED) is 0.877. The van der Waals surface area contributed by atoms with Crippen molar-refractivity contribution in [1.82, 2.24) is 14.7 Å². The van der Waals surface area contributed by atoms with Crippen LogP contribution in [0.4, 0.5) is 0 Å². The van der Waals surface area contributed by atoms with E-state index in [1.807, 2.05) is 16.9 Å². The van der Waals surface area contributed by atoms with Gasteiger partial charge < -0.3 is 10.0 Å². The van der Waals surface area contributed by atoms with Crippen LogP contribution in [0.3, 0.4) is 0 Å². The molecule has 2 fully saturated rings. The van der Waals surface area contributed by atoms with Crippen LogP contribution in [0.25, 0.3) is 0 Å². The first-order valence-electron chi connectivity index (χ1n) is 7.26. The Hall–Kier alpha value is -1.36. The van der Waals surface area contributed by atoms with Gasteiger partial charge in [-0.2, -0.15) is 5.10 Å². The van der Waals surface area contributed by atoms with E-state index < -0.39 is 0 Å². The molecule has 1 aromatic rings.